The molecule has 15 heteroatoms. The summed E-state index contributed by atoms with van der Waals surface area (Å²) in [6.45, 7) is -0.904. The monoisotopic (exact) mass is 520 g/mol. The first-order valence-corrected chi connectivity index (χ1v) is 11.0. The molecule has 0 saturated heterocycles. The molecule has 0 aliphatic rings. The van der Waals surface area contributed by atoms with Gasteiger partial charge in [-0.2, -0.15) is 0 Å². The summed E-state index contributed by atoms with van der Waals surface area (Å²) in [7, 11) is 0. The number of carbonyl (C=O) groups excluding carboxylic acids is 4. The van der Waals surface area contributed by atoms with Gasteiger partial charge in [-0.05, 0) is 18.1 Å². The van der Waals surface area contributed by atoms with E-state index in [4.69, 9.17) is 21.7 Å². The number of carboxylic acids is 2. The predicted molar refractivity (Wildman–Crippen MR) is 127 cm³/mol. The highest BCUT2D eigenvalue weighted by Crippen LogP contribution is 2.18. The van der Waals surface area contributed by atoms with Gasteiger partial charge in [-0.15, -0.1) is 0 Å². The maximum Gasteiger partial charge on any atom is 0.326 e. The zero-order valence-corrected chi connectivity index (χ0v) is 19.5. The molecule has 2 aromatic rings. The lowest BCUT2D eigenvalue weighted by Crippen LogP contribution is -2.58. The van der Waals surface area contributed by atoms with Gasteiger partial charge in [-0.3, -0.25) is 24.0 Å². The van der Waals surface area contributed by atoms with Crippen LogP contribution >= 0.6 is 0 Å². The quantitative estimate of drug-likeness (QED) is 0.121. The number of para-hydroxylation sites is 1. The van der Waals surface area contributed by atoms with Crippen molar-refractivity contribution in [1.82, 2.24) is 20.9 Å². The molecule has 4 unspecified atom stereocenters. The van der Waals surface area contributed by atoms with Crippen LogP contribution in [0.15, 0.2) is 30.5 Å². The van der Waals surface area contributed by atoms with Crippen LogP contribution in [0.5, 0.6) is 0 Å². The standard InChI is InChI=1S/C22H28N6O9/c23-12(5-10-8-25-13-4-2-1-3-11(10)13)19(33)28-16(9-29)21(35)26-14(6-17(24)30)20(34)27-15(22(36)37)7-18(31)32/h1-4,8,12,14-16,25,29H,5-7,9,23H2,(H2,24,30)(H,26,35)(H,27,34)(H,28,33)(H,31,32)(H,36,37). The molecule has 1 aromatic heterocycles. The largest absolute Gasteiger partial charge is 0.481 e. The van der Waals surface area contributed by atoms with E-state index in [1.165, 1.54) is 0 Å². The van der Waals surface area contributed by atoms with Crippen LogP contribution in [0, 0.1) is 0 Å². The molecule has 0 saturated carbocycles. The smallest absolute Gasteiger partial charge is 0.326 e. The molecule has 0 bridgehead atoms. The number of benzene rings is 1. The van der Waals surface area contributed by atoms with Crippen LogP contribution in [0.3, 0.4) is 0 Å². The average molecular weight is 520 g/mol. The second kappa shape index (κ2) is 13.0. The molecule has 4 atom stereocenters. The van der Waals surface area contributed by atoms with Crippen molar-refractivity contribution in [3.8, 4) is 0 Å². The molecule has 1 aromatic carbocycles. The summed E-state index contributed by atoms with van der Waals surface area (Å²) in [5.41, 5.74) is 12.6. The van der Waals surface area contributed by atoms with E-state index in [0.29, 0.717) is 0 Å². The zero-order valence-electron chi connectivity index (χ0n) is 19.5. The molecular formula is C22H28N6O9. The number of aromatic amines is 1. The Morgan fingerprint density at radius 1 is 0.865 bits per heavy atom. The van der Waals surface area contributed by atoms with Gasteiger partial charge in [0.05, 0.1) is 25.5 Å². The summed E-state index contributed by atoms with van der Waals surface area (Å²) in [4.78, 5) is 74.2. The van der Waals surface area contributed by atoms with Crippen molar-refractivity contribution in [3.05, 3.63) is 36.0 Å². The highest BCUT2D eigenvalue weighted by Gasteiger charge is 2.32. The minimum absolute atomic E-state index is 0.0997. The Labute approximate surface area is 209 Å². The SMILES string of the molecule is NC(=O)CC(NC(=O)C(CO)NC(=O)C(N)Cc1c[nH]c2ccccc12)C(=O)NC(CC(=O)O)C(=O)O. The second-order valence-electron chi connectivity index (χ2n) is 8.14. The van der Waals surface area contributed by atoms with Crippen molar-refractivity contribution in [2.24, 2.45) is 11.5 Å². The van der Waals surface area contributed by atoms with Crippen LogP contribution in [-0.2, 0) is 35.2 Å². The number of amides is 4. The molecule has 4 amide bonds. The van der Waals surface area contributed by atoms with E-state index in [9.17, 15) is 33.9 Å². The zero-order chi connectivity index (χ0) is 27.7. The van der Waals surface area contributed by atoms with E-state index < -0.39 is 79.2 Å². The molecular weight excluding hydrogens is 492 g/mol. The van der Waals surface area contributed by atoms with Crippen molar-refractivity contribution in [2.45, 2.75) is 43.4 Å². The molecule has 15 nitrogen and oxygen atoms in total. The number of primary amides is 1. The topological polar surface area (TPSA) is 267 Å². The molecule has 0 aliphatic heterocycles. The number of fused-ring (bicyclic) bond motifs is 1. The Bertz CT molecular complexity index is 1180. The van der Waals surface area contributed by atoms with Crippen molar-refractivity contribution < 1.29 is 44.1 Å². The van der Waals surface area contributed by atoms with E-state index in [1.807, 2.05) is 29.6 Å². The van der Waals surface area contributed by atoms with Gasteiger partial charge in [0, 0.05) is 17.1 Å². The summed E-state index contributed by atoms with van der Waals surface area (Å²) in [5.74, 6) is -7.32. The van der Waals surface area contributed by atoms with E-state index in [0.717, 1.165) is 16.5 Å². The number of carbonyl (C=O) groups is 6. The first kappa shape index (κ1) is 28.7. The summed E-state index contributed by atoms with van der Waals surface area (Å²) in [6, 6.07) is 1.06. The lowest BCUT2D eigenvalue weighted by molar-refractivity contribution is -0.147. The fraction of sp³-hybridized carbons (Fsp3) is 0.364. The van der Waals surface area contributed by atoms with Gasteiger partial charge in [-0.1, -0.05) is 18.2 Å². The highest BCUT2D eigenvalue weighted by molar-refractivity contribution is 5.96. The maximum absolute atomic E-state index is 12.6. The molecule has 0 spiro atoms. The normalized spacial score (nSPS) is 14.1. The lowest BCUT2D eigenvalue weighted by Gasteiger charge is -2.23. The number of hydrogen-bond donors (Lipinski definition) is 9. The van der Waals surface area contributed by atoms with Gasteiger partial charge < -0.3 is 47.7 Å². The minimum Gasteiger partial charge on any atom is -0.481 e. The van der Waals surface area contributed by atoms with Gasteiger partial charge in [0.25, 0.3) is 0 Å². The van der Waals surface area contributed by atoms with Gasteiger partial charge >= 0.3 is 11.9 Å². The highest BCUT2D eigenvalue weighted by atomic mass is 16.4. The molecule has 0 aliphatic carbocycles. The third-order valence-corrected chi connectivity index (χ3v) is 5.30. The van der Waals surface area contributed by atoms with E-state index >= 15 is 0 Å². The van der Waals surface area contributed by atoms with Gasteiger partial charge in [0.15, 0.2) is 0 Å². The third-order valence-electron chi connectivity index (χ3n) is 5.30. The van der Waals surface area contributed by atoms with Crippen LogP contribution in [0.1, 0.15) is 18.4 Å². The fourth-order valence-electron chi connectivity index (χ4n) is 3.43. The maximum atomic E-state index is 12.6. The van der Waals surface area contributed by atoms with Crippen LogP contribution in [0.25, 0.3) is 10.9 Å². The Morgan fingerprint density at radius 3 is 2.05 bits per heavy atom. The fourth-order valence-corrected chi connectivity index (χ4v) is 3.43. The molecule has 2 rings (SSSR count). The number of aromatic nitrogens is 1. The number of H-pyrrole nitrogens is 1. The second-order valence-corrected chi connectivity index (χ2v) is 8.14. The summed E-state index contributed by atoms with van der Waals surface area (Å²) in [5, 5.41) is 34.6. The number of carboxylic acid groups (broad SMARTS) is 2. The average Bonchev–Trinajstić information content (AvgIpc) is 3.23. The van der Waals surface area contributed by atoms with Crippen molar-refractivity contribution in [1.29, 1.82) is 0 Å². The van der Waals surface area contributed by atoms with E-state index in [2.05, 4.69) is 15.6 Å². The number of aliphatic hydroxyl groups is 1. The van der Waals surface area contributed by atoms with Gasteiger partial charge in [0.2, 0.25) is 23.6 Å². The van der Waals surface area contributed by atoms with Gasteiger partial charge in [0.1, 0.15) is 18.1 Å². The first-order valence-electron chi connectivity index (χ1n) is 11.0. The Kier molecular flexibility index (Phi) is 10.1. The number of aliphatic carboxylic acids is 2. The summed E-state index contributed by atoms with van der Waals surface area (Å²) >= 11 is 0. The van der Waals surface area contributed by atoms with Crippen LogP contribution in [0.2, 0.25) is 0 Å². The summed E-state index contributed by atoms with van der Waals surface area (Å²) in [6.07, 6.45) is 0.0450. The number of nitrogens with two attached hydrogens (primary N) is 2. The minimum atomic E-state index is -1.85. The third kappa shape index (κ3) is 8.29. The Morgan fingerprint density at radius 2 is 1.46 bits per heavy atom. The molecule has 1 heterocycles. The molecule has 0 fully saturated rings. The molecule has 37 heavy (non-hydrogen) atoms. The van der Waals surface area contributed by atoms with Crippen LogP contribution in [-0.4, -0.2) is 86.6 Å². The summed E-state index contributed by atoms with van der Waals surface area (Å²) < 4.78 is 0. The predicted octanol–water partition coefficient (Wildman–Crippen LogP) is -3.08. The molecule has 200 valence electrons. The van der Waals surface area contributed by atoms with E-state index in [-0.39, 0.29) is 6.42 Å². The Balaban J connectivity index is 2.05. The van der Waals surface area contributed by atoms with Crippen molar-refractivity contribution in [2.75, 3.05) is 6.61 Å². The molecule has 11 N–H and O–H groups in total. The van der Waals surface area contributed by atoms with Crippen molar-refractivity contribution >= 4 is 46.5 Å². The number of aliphatic hydroxyl groups excluding tert-OH is 1. The Hall–Kier alpha value is -4.50. The van der Waals surface area contributed by atoms with Crippen LogP contribution in [0.4, 0.5) is 0 Å². The number of nitrogens with one attached hydrogen (secondary N) is 4. The number of rotatable bonds is 14. The number of hydrogen-bond acceptors (Lipinski definition) is 8. The van der Waals surface area contributed by atoms with E-state index in [1.54, 1.807) is 6.20 Å². The van der Waals surface area contributed by atoms with Gasteiger partial charge in [-0.25, -0.2) is 4.79 Å². The molecule has 0 radical (unpaired) electrons. The lowest BCUT2D eigenvalue weighted by atomic mass is 10.0. The first-order chi connectivity index (χ1) is 17.4. The van der Waals surface area contributed by atoms with Crippen LogP contribution < -0.4 is 27.4 Å². The van der Waals surface area contributed by atoms with Crippen molar-refractivity contribution in [3.63, 3.8) is 0 Å².